The number of aryl methyl sites for hydroxylation is 1. The summed E-state index contributed by atoms with van der Waals surface area (Å²) >= 11 is 0. The third-order valence-electron chi connectivity index (χ3n) is 3.41. The van der Waals surface area contributed by atoms with Gasteiger partial charge in [0.15, 0.2) is 0 Å². The summed E-state index contributed by atoms with van der Waals surface area (Å²) in [4.78, 5) is 15.0. The van der Waals surface area contributed by atoms with Crippen molar-refractivity contribution < 1.29 is 9.45 Å². The summed E-state index contributed by atoms with van der Waals surface area (Å²) < 4.78 is 5.25. The first-order chi connectivity index (χ1) is 11.1. The molecule has 1 N–H and O–H groups in total. The van der Waals surface area contributed by atoms with Crippen molar-refractivity contribution in [3.63, 3.8) is 0 Å². The molecule has 0 fully saturated rings. The number of hydrogen-bond acceptors (Lipinski definition) is 6. The van der Waals surface area contributed by atoms with E-state index in [4.69, 9.17) is 4.52 Å². The Labute approximate surface area is 132 Å². The molecule has 0 bridgehead atoms. The van der Waals surface area contributed by atoms with E-state index in [9.17, 15) is 10.1 Å². The van der Waals surface area contributed by atoms with Gasteiger partial charge in [0.1, 0.15) is 5.69 Å². The number of nitrogens with one attached hydrogen (secondary N) is 1. The third-order valence-corrected chi connectivity index (χ3v) is 3.41. The maximum absolute atomic E-state index is 11.1. The van der Waals surface area contributed by atoms with E-state index >= 15 is 0 Å². The van der Waals surface area contributed by atoms with Gasteiger partial charge >= 0.3 is 0 Å². The van der Waals surface area contributed by atoms with Crippen molar-refractivity contribution in [2.75, 3.05) is 12.4 Å². The highest BCUT2D eigenvalue weighted by Crippen LogP contribution is 2.30. The first kappa shape index (κ1) is 14.7. The van der Waals surface area contributed by atoms with Crippen LogP contribution in [0.25, 0.3) is 22.8 Å². The first-order valence-corrected chi connectivity index (χ1v) is 6.96. The molecule has 0 amide bonds. The Morgan fingerprint density at radius 3 is 2.70 bits per heavy atom. The standard InChI is InChI=1S/C16H14N4O3/c1-10-4-3-5-11(8-10)15-18-16(23-19-15)12-6-7-13(17-2)14(9-12)20(21)22/h3-9,17H,1-2H3. The van der Waals surface area contributed by atoms with Gasteiger partial charge in [0.05, 0.1) is 4.92 Å². The van der Waals surface area contributed by atoms with E-state index in [1.54, 1.807) is 19.2 Å². The molecule has 0 aliphatic heterocycles. The predicted octanol–water partition coefficient (Wildman–Crippen LogP) is 3.66. The minimum atomic E-state index is -0.451. The summed E-state index contributed by atoms with van der Waals surface area (Å²) in [5.41, 5.74) is 2.81. The fourth-order valence-electron chi connectivity index (χ4n) is 2.27. The van der Waals surface area contributed by atoms with E-state index in [2.05, 4.69) is 15.5 Å². The van der Waals surface area contributed by atoms with Gasteiger partial charge in [0.25, 0.3) is 11.6 Å². The lowest BCUT2D eigenvalue weighted by Gasteiger charge is -2.02. The lowest BCUT2D eigenvalue weighted by Crippen LogP contribution is -1.96. The molecular formula is C16H14N4O3. The van der Waals surface area contributed by atoms with Gasteiger partial charge in [0.2, 0.25) is 5.82 Å². The Morgan fingerprint density at radius 1 is 1.17 bits per heavy atom. The van der Waals surface area contributed by atoms with Crippen molar-refractivity contribution in [1.29, 1.82) is 0 Å². The van der Waals surface area contributed by atoms with Gasteiger partial charge in [-0.15, -0.1) is 0 Å². The Kier molecular flexibility index (Phi) is 3.76. The minimum Gasteiger partial charge on any atom is -0.383 e. The summed E-state index contributed by atoms with van der Waals surface area (Å²) in [6, 6.07) is 12.4. The molecule has 0 saturated carbocycles. The van der Waals surface area contributed by atoms with Crippen molar-refractivity contribution in [3.8, 4) is 22.8 Å². The van der Waals surface area contributed by atoms with Crippen molar-refractivity contribution in [2.45, 2.75) is 6.92 Å². The molecule has 3 aromatic rings. The monoisotopic (exact) mass is 310 g/mol. The second-order valence-electron chi connectivity index (χ2n) is 5.03. The van der Waals surface area contributed by atoms with Crippen LogP contribution in [0.1, 0.15) is 5.56 Å². The van der Waals surface area contributed by atoms with E-state index < -0.39 is 4.92 Å². The molecule has 1 heterocycles. The number of nitrogens with zero attached hydrogens (tertiary/aromatic N) is 3. The number of nitro benzene ring substituents is 1. The molecule has 0 radical (unpaired) electrons. The van der Waals surface area contributed by atoms with E-state index in [0.29, 0.717) is 17.1 Å². The number of benzene rings is 2. The van der Waals surface area contributed by atoms with Gasteiger partial charge in [0, 0.05) is 24.2 Å². The van der Waals surface area contributed by atoms with Crippen molar-refractivity contribution >= 4 is 11.4 Å². The van der Waals surface area contributed by atoms with Gasteiger partial charge in [-0.1, -0.05) is 28.9 Å². The van der Waals surface area contributed by atoms with Crippen LogP contribution >= 0.6 is 0 Å². The number of rotatable bonds is 4. The Balaban J connectivity index is 2.00. The number of nitro groups is 1. The zero-order valence-corrected chi connectivity index (χ0v) is 12.6. The molecule has 0 aliphatic rings. The van der Waals surface area contributed by atoms with Crippen LogP contribution in [0, 0.1) is 17.0 Å². The largest absolute Gasteiger partial charge is 0.383 e. The fraction of sp³-hybridized carbons (Fsp3) is 0.125. The molecule has 1 aromatic heterocycles. The first-order valence-electron chi connectivity index (χ1n) is 6.96. The molecular weight excluding hydrogens is 296 g/mol. The van der Waals surface area contributed by atoms with E-state index in [-0.39, 0.29) is 11.6 Å². The summed E-state index contributed by atoms with van der Waals surface area (Å²) in [7, 11) is 1.63. The molecule has 7 heteroatoms. The Morgan fingerprint density at radius 2 is 2.00 bits per heavy atom. The van der Waals surface area contributed by atoms with Crippen molar-refractivity contribution in [2.24, 2.45) is 0 Å². The zero-order valence-electron chi connectivity index (χ0n) is 12.6. The van der Waals surface area contributed by atoms with E-state index in [0.717, 1.165) is 11.1 Å². The molecule has 0 saturated heterocycles. The minimum absolute atomic E-state index is 0.0414. The van der Waals surface area contributed by atoms with E-state index in [1.807, 2.05) is 31.2 Å². The van der Waals surface area contributed by atoms with Crippen LogP contribution in [0.3, 0.4) is 0 Å². The van der Waals surface area contributed by atoms with Gasteiger partial charge < -0.3 is 9.84 Å². The number of anilines is 1. The molecule has 0 aliphatic carbocycles. The summed E-state index contributed by atoms with van der Waals surface area (Å²) in [6.45, 7) is 1.98. The van der Waals surface area contributed by atoms with Gasteiger partial charge in [-0.25, -0.2) is 0 Å². The van der Waals surface area contributed by atoms with Gasteiger partial charge in [-0.3, -0.25) is 10.1 Å². The molecule has 0 atom stereocenters. The highest BCUT2D eigenvalue weighted by molar-refractivity contribution is 5.70. The van der Waals surface area contributed by atoms with Crippen LogP contribution in [-0.4, -0.2) is 22.1 Å². The lowest BCUT2D eigenvalue weighted by atomic mass is 10.1. The maximum atomic E-state index is 11.1. The summed E-state index contributed by atoms with van der Waals surface area (Å²) in [5, 5.41) is 17.9. The fourth-order valence-corrected chi connectivity index (χ4v) is 2.27. The molecule has 0 spiro atoms. The number of aromatic nitrogens is 2. The van der Waals surface area contributed by atoms with Crippen LogP contribution in [0.15, 0.2) is 47.0 Å². The summed E-state index contributed by atoms with van der Waals surface area (Å²) in [6.07, 6.45) is 0. The van der Waals surface area contributed by atoms with Crippen molar-refractivity contribution in [3.05, 3.63) is 58.1 Å². The van der Waals surface area contributed by atoms with Crippen LogP contribution < -0.4 is 5.32 Å². The second-order valence-corrected chi connectivity index (χ2v) is 5.03. The van der Waals surface area contributed by atoms with Gasteiger partial charge in [-0.05, 0) is 25.1 Å². The second kappa shape index (κ2) is 5.88. The molecule has 23 heavy (non-hydrogen) atoms. The Hall–Kier alpha value is -3.22. The van der Waals surface area contributed by atoms with Crippen LogP contribution in [-0.2, 0) is 0 Å². The highest BCUT2D eigenvalue weighted by Gasteiger charge is 2.17. The van der Waals surface area contributed by atoms with E-state index in [1.165, 1.54) is 6.07 Å². The quantitative estimate of drug-likeness (QED) is 0.583. The van der Waals surface area contributed by atoms with Crippen LogP contribution in [0.2, 0.25) is 0 Å². The molecule has 116 valence electrons. The van der Waals surface area contributed by atoms with Crippen molar-refractivity contribution in [1.82, 2.24) is 10.1 Å². The van der Waals surface area contributed by atoms with Crippen LogP contribution in [0.5, 0.6) is 0 Å². The lowest BCUT2D eigenvalue weighted by molar-refractivity contribution is -0.383. The average Bonchev–Trinajstić information content (AvgIpc) is 3.04. The Bertz CT molecular complexity index is 873. The van der Waals surface area contributed by atoms with Crippen LogP contribution in [0.4, 0.5) is 11.4 Å². The molecule has 0 unspecified atom stereocenters. The zero-order chi connectivity index (χ0) is 16.4. The summed E-state index contributed by atoms with van der Waals surface area (Å²) in [5.74, 6) is 0.691. The SMILES string of the molecule is CNc1ccc(-c2nc(-c3cccc(C)c3)no2)cc1[N+](=O)[O-]. The third kappa shape index (κ3) is 2.89. The highest BCUT2D eigenvalue weighted by atomic mass is 16.6. The average molecular weight is 310 g/mol. The maximum Gasteiger partial charge on any atom is 0.293 e. The smallest absolute Gasteiger partial charge is 0.293 e. The normalized spacial score (nSPS) is 10.5. The topological polar surface area (TPSA) is 94.1 Å². The molecule has 3 rings (SSSR count). The molecule has 2 aromatic carbocycles. The predicted molar refractivity (Wildman–Crippen MR) is 86.1 cm³/mol. The molecule has 7 nitrogen and oxygen atoms in total. The number of hydrogen-bond donors (Lipinski definition) is 1. The van der Waals surface area contributed by atoms with Gasteiger partial charge in [-0.2, -0.15) is 4.98 Å².